The highest BCUT2D eigenvalue weighted by Crippen LogP contribution is 2.43. The first-order valence-corrected chi connectivity index (χ1v) is 8.28. The molecule has 3 rings (SSSR count). The minimum absolute atomic E-state index is 0.672. The van der Waals surface area contributed by atoms with Gasteiger partial charge in [0.1, 0.15) is 4.87 Å². The molecule has 0 aliphatic heterocycles. The molecule has 3 aromatic rings. The molecule has 0 saturated carbocycles. The van der Waals surface area contributed by atoms with Crippen molar-refractivity contribution in [2.45, 2.75) is 25.6 Å². The Kier molecular flexibility index (Phi) is 4.28. The molecule has 0 bridgehead atoms. The minimum atomic E-state index is -0.672. The second kappa shape index (κ2) is 6.22. The van der Waals surface area contributed by atoms with Crippen LogP contribution in [-0.2, 0) is 4.87 Å². The summed E-state index contributed by atoms with van der Waals surface area (Å²) in [6.07, 6.45) is 0. The van der Waals surface area contributed by atoms with Crippen LogP contribution in [0, 0.1) is 20.8 Å². The van der Waals surface area contributed by atoms with Crippen LogP contribution in [0.4, 0.5) is 0 Å². The summed E-state index contributed by atoms with van der Waals surface area (Å²) in [7, 11) is 0. The van der Waals surface area contributed by atoms with E-state index in [0.717, 1.165) is 16.7 Å². The molecule has 0 radical (unpaired) electrons. The lowest BCUT2D eigenvalue weighted by Crippen LogP contribution is -2.22. The molecule has 0 aliphatic rings. The van der Waals surface area contributed by atoms with Gasteiger partial charge in [0, 0.05) is 0 Å². The Labute approximate surface area is 143 Å². The molecule has 0 atom stereocenters. The summed E-state index contributed by atoms with van der Waals surface area (Å²) >= 11 is 7.27. The van der Waals surface area contributed by atoms with Gasteiger partial charge in [-0.3, -0.25) is 0 Å². The molecule has 0 saturated heterocycles. The molecule has 0 amide bonds. The van der Waals surface area contributed by atoms with E-state index in [1.165, 1.54) is 16.7 Å². The summed E-state index contributed by atoms with van der Waals surface area (Å²) in [4.78, 5) is -0.672. The Hall–Kier alpha value is -2.05. The van der Waals surface area contributed by atoms with Crippen molar-refractivity contribution in [3.8, 4) is 0 Å². The van der Waals surface area contributed by atoms with Crippen LogP contribution in [0.15, 0.2) is 72.8 Å². The van der Waals surface area contributed by atoms with Gasteiger partial charge in [-0.15, -0.1) is 11.6 Å². The van der Waals surface area contributed by atoms with Gasteiger partial charge in [0.05, 0.1) is 0 Å². The quantitative estimate of drug-likeness (QED) is 0.401. The first kappa shape index (κ1) is 15.8. The zero-order chi connectivity index (χ0) is 16.4. The molecule has 23 heavy (non-hydrogen) atoms. The zero-order valence-corrected chi connectivity index (χ0v) is 14.6. The van der Waals surface area contributed by atoms with Crippen LogP contribution in [0.5, 0.6) is 0 Å². The predicted molar refractivity (Wildman–Crippen MR) is 99.3 cm³/mol. The molecule has 0 heterocycles. The van der Waals surface area contributed by atoms with E-state index in [9.17, 15) is 0 Å². The first-order valence-electron chi connectivity index (χ1n) is 7.90. The van der Waals surface area contributed by atoms with E-state index in [-0.39, 0.29) is 0 Å². The van der Waals surface area contributed by atoms with Crippen molar-refractivity contribution in [3.05, 3.63) is 106 Å². The van der Waals surface area contributed by atoms with Gasteiger partial charge in [0.15, 0.2) is 0 Å². The molecule has 0 spiro atoms. The van der Waals surface area contributed by atoms with Gasteiger partial charge in [-0.1, -0.05) is 89.5 Å². The zero-order valence-electron chi connectivity index (χ0n) is 13.8. The van der Waals surface area contributed by atoms with Crippen LogP contribution in [0.2, 0.25) is 0 Å². The minimum Gasteiger partial charge on any atom is -0.104 e. The molecule has 0 fully saturated rings. The summed E-state index contributed by atoms with van der Waals surface area (Å²) in [5.74, 6) is 0. The van der Waals surface area contributed by atoms with E-state index in [1.807, 2.05) is 0 Å². The van der Waals surface area contributed by atoms with Crippen LogP contribution in [0.1, 0.15) is 33.4 Å². The van der Waals surface area contributed by atoms with Crippen molar-refractivity contribution in [1.82, 2.24) is 0 Å². The van der Waals surface area contributed by atoms with Crippen molar-refractivity contribution >= 4 is 11.6 Å². The van der Waals surface area contributed by atoms with Gasteiger partial charge >= 0.3 is 0 Å². The summed E-state index contributed by atoms with van der Waals surface area (Å²) < 4.78 is 0. The van der Waals surface area contributed by atoms with Crippen molar-refractivity contribution in [3.63, 3.8) is 0 Å². The van der Waals surface area contributed by atoms with Gasteiger partial charge in [-0.2, -0.15) is 0 Å². The topological polar surface area (TPSA) is 0 Å². The fraction of sp³-hybridized carbons (Fsp3) is 0.182. The molecular formula is C22H21Cl. The molecule has 1 heteroatoms. The molecule has 0 unspecified atom stereocenters. The lowest BCUT2D eigenvalue weighted by molar-refractivity contribution is 0.877. The van der Waals surface area contributed by atoms with Crippen molar-refractivity contribution in [1.29, 1.82) is 0 Å². The number of hydrogen-bond acceptors (Lipinski definition) is 0. The number of benzene rings is 3. The SMILES string of the molecule is Cc1ccc(C(Cl)(c2ccc(C)cc2)c2ccc(C)cc2)cc1. The number of aryl methyl sites for hydroxylation is 3. The maximum Gasteiger partial charge on any atom is 0.119 e. The van der Waals surface area contributed by atoms with Gasteiger partial charge in [-0.05, 0) is 37.5 Å². The van der Waals surface area contributed by atoms with E-state index in [1.54, 1.807) is 0 Å². The smallest absolute Gasteiger partial charge is 0.104 e. The maximum atomic E-state index is 7.27. The normalized spacial score (nSPS) is 11.5. The molecular weight excluding hydrogens is 300 g/mol. The average Bonchev–Trinajstić information content (AvgIpc) is 2.56. The number of rotatable bonds is 3. The maximum absolute atomic E-state index is 7.27. The molecule has 0 nitrogen and oxygen atoms in total. The van der Waals surface area contributed by atoms with Crippen molar-refractivity contribution in [2.24, 2.45) is 0 Å². The Bertz CT molecular complexity index is 670. The van der Waals surface area contributed by atoms with Gasteiger partial charge in [0.2, 0.25) is 0 Å². The predicted octanol–water partition coefficient (Wildman–Crippen LogP) is 6.14. The van der Waals surface area contributed by atoms with Crippen LogP contribution in [-0.4, -0.2) is 0 Å². The Morgan fingerprint density at radius 3 is 0.913 bits per heavy atom. The molecule has 0 N–H and O–H groups in total. The highest BCUT2D eigenvalue weighted by atomic mass is 35.5. The number of alkyl halides is 1. The monoisotopic (exact) mass is 320 g/mol. The summed E-state index contributed by atoms with van der Waals surface area (Å²) in [6, 6.07) is 25.5. The van der Waals surface area contributed by atoms with E-state index < -0.39 is 4.87 Å². The lowest BCUT2D eigenvalue weighted by Gasteiger charge is -2.29. The van der Waals surface area contributed by atoms with Gasteiger partial charge < -0.3 is 0 Å². The summed E-state index contributed by atoms with van der Waals surface area (Å²) in [5, 5.41) is 0. The number of hydrogen-bond donors (Lipinski definition) is 0. The third-order valence-electron chi connectivity index (χ3n) is 4.35. The molecule has 0 aliphatic carbocycles. The van der Waals surface area contributed by atoms with Crippen LogP contribution in [0.3, 0.4) is 0 Å². The lowest BCUT2D eigenvalue weighted by atomic mass is 9.83. The van der Waals surface area contributed by atoms with E-state index in [4.69, 9.17) is 11.6 Å². The Balaban J connectivity index is 2.21. The summed E-state index contributed by atoms with van der Waals surface area (Å²) in [5.41, 5.74) is 6.99. The average molecular weight is 321 g/mol. The van der Waals surface area contributed by atoms with Gasteiger partial charge in [0.25, 0.3) is 0 Å². The Morgan fingerprint density at radius 1 is 0.478 bits per heavy atom. The number of halogens is 1. The molecule has 116 valence electrons. The van der Waals surface area contributed by atoms with E-state index in [2.05, 4.69) is 93.6 Å². The second-order valence-electron chi connectivity index (χ2n) is 6.26. The highest BCUT2D eigenvalue weighted by molar-refractivity contribution is 6.28. The van der Waals surface area contributed by atoms with Crippen LogP contribution < -0.4 is 0 Å². The first-order chi connectivity index (χ1) is 11.0. The van der Waals surface area contributed by atoms with Crippen LogP contribution >= 0.6 is 11.6 Å². The van der Waals surface area contributed by atoms with Gasteiger partial charge in [-0.25, -0.2) is 0 Å². The standard InChI is InChI=1S/C22H21Cl/c1-16-4-10-19(11-5-16)22(23,20-12-6-17(2)7-13-20)21-14-8-18(3)9-15-21/h4-15H,1-3H3. The third kappa shape index (κ3) is 3.04. The van der Waals surface area contributed by atoms with E-state index >= 15 is 0 Å². The van der Waals surface area contributed by atoms with Crippen molar-refractivity contribution < 1.29 is 0 Å². The highest BCUT2D eigenvalue weighted by Gasteiger charge is 2.33. The third-order valence-corrected chi connectivity index (χ3v) is 5.00. The van der Waals surface area contributed by atoms with Crippen molar-refractivity contribution in [2.75, 3.05) is 0 Å². The molecule has 0 aromatic heterocycles. The van der Waals surface area contributed by atoms with Crippen LogP contribution in [0.25, 0.3) is 0 Å². The Morgan fingerprint density at radius 2 is 0.696 bits per heavy atom. The van der Waals surface area contributed by atoms with E-state index in [0.29, 0.717) is 0 Å². The largest absolute Gasteiger partial charge is 0.119 e. The summed E-state index contributed by atoms with van der Waals surface area (Å²) in [6.45, 7) is 6.28. The fourth-order valence-electron chi connectivity index (χ4n) is 2.85. The fourth-order valence-corrected chi connectivity index (χ4v) is 3.23. The molecule has 3 aromatic carbocycles. The second-order valence-corrected chi connectivity index (χ2v) is 6.82.